The van der Waals surface area contributed by atoms with Crippen LogP contribution in [0.25, 0.3) is 17.1 Å². The van der Waals surface area contributed by atoms with E-state index in [9.17, 15) is 9.18 Å². The number of aryl methyl sites for hydroxylation is 2. The van der Waals surface area contributed by atoms with Crippen molar-refractivity contribution in [2.45, 2.75) is 19.0 Å². The summed E-state index contributed by atoms with van der Waals surface area (Å²) in [6.07, 6.45) is 3.39. The van der Waals surface area contributed by atoms with E-state index in [4.69, 9.17) is 0 Å². The highest BCUT2D eigenvalue weighted by Gasteiger charge is 2.18. The second-order valence-corrected chi connectivity index (χ2v) is 7.93. The number of carbonyl (C=O) groups excluding carboxylic acids is 1. The zero-order valence-electron chi connectivity index (χ0n) is 17.0. The number of nitrogens with one attached hydrogen (secondary N) is 1. The van der Waals surface area contributed by atoms with Crippen LogP contribution >= 0.6 is 11.8 Å². The molecule has 0 saturated heterocycles. The first kappa shape index (κ1) is 20.7. The van der Waals surface area contributed by atoms with E-state index >= 15 is 0 Å². The maximum absolute atomic E-state index is 14.0. The first-order chi connectivity index (χ1) is 15.0. The van der Waals surface area contributed by atoms with Crippen LogP contribution in [0.1, 0.15) is 11.1 Å². The normalized spacial score (nSPS) is 10.8. The molecule has 0 atom stereocenters. The van der Waals surface area contributed by atoms with E-state index < -0.39 is 5.82 Å². The largest absolute Gasteiger partial charge is 0.323 e. The monoisotopic (exact) mass is 433 g/mol. The molecule has 0 aliphatic rings. The third-order valence-corrected chi connectivity index (χ3v) is 5.59. The highest BCUT2D eigenvalue weighted by atomic mass is 32.2. The van der Waals surface area contributed by atoms with Gasteiger partial charge in [0.25, 0.3) is 0 Å². The van der Waals surface area contributed by atoms with Crippen molar-refractivity contribution in [3.05, 3.63) is 83.9 Å². The number of pyridine rings is 1. The lowest BCUT2D eigenvalue weighted by Crippen LogP contribution is -2.15. The van der Waals surface area contributed by atoms with Gasteiger partial charge in [-0.1, -0.05) is 36.0 Å². The molecular formula is C23H20FN5OS. The van der Waals surface area contributed by atoms with Crippen LogP contribution in [0.15, 0.2) is 72.1 Å². The summed E-state index contributed by atoms with van der Waals surface area (Å²) in [5.41, 5.74) is 3.79. The van der Waals surface area contributed by atoms with E-state index in [1.807, 2.05) is 47.9 Å². The zero-order chi connectivity index (χ0) is 21.8. The average Bonchev–Trinajstić information content (AvgIpc) is 3.19. The summed E-state index contributed by atoms with van der Waals surface area (Å²) in [6.45, 7) is 3.80. The highest BCUT2D eigenvalue weighted by Crippen LogP contribution is 2.29. The molecule has 0 aliphatic heterocycles. The first-order valence-corrected chi connectivity index (χ1v) is 10.6. The number of rotatable bonds is 6. The Balaban J connectivity index is 1.60. The summed E-state index contributed by atoms with van der Waals surface area (Å²) < 4.78 is 16.0. The van der Waals surface area contributed by atoms with Crippen molar-refractivity contribution < 1.29 is 9.18 Å². The summed E-state index contributed by atoms with van der Waals surface area (Å²) in [7, 11) is 0. The standard InChI is InChI=1S/C23H20FN5OS/c1-15-7-8-19(18(24)13-15)26-21(30)14-31-23-28-27-22(17-9-11-25-12-10-17)29(23)20-6-4-3-5-16(20)2/h3-13H,14H2,1-2H3,(H,26,30). The van der Waals surface area contributed by atoms with Gasteiger partial charge in [0, 0.05) is 18.0 Å². The molecule has 0 aliphatic carbocycles. The van der Waals surface area contributed by atoms with Crippen LogP contribution in [0.2, 0.25) is 0 Å². The Kier molecular flexibility index (Phi) is 6.08. The molecule has 0 unspecified atom stereocenters. The number of carbonyl (C=O) groups is 1. The minimum absolute atomic E-state index is 0.0632. The molecule has 2 aromatic carbocycles. The van der Waals surface area contributed by atoms with Gasteiger partial charge in [0.15, 0.2) is 11.0 Å². The van der Waals surface area contributed by atoms with E-state index in [1.54, 1.807) is 31.5 Å². The van der Waals surface area contributed by atoms with E-state index in [0.717, 1.165) is 22.4 Å². The van der Waals surface area contributed by atoms with Gasteiger partial charge in [0.2, 0.25) is 5.91 Å². The van der Waals surface area contributed by atoms with E-state index in [2.05, 4.69) is 20.5 Å². The van der Waals surface area contributed by atoms with Crippen molar-refractivity contribution in [2.24, 2.45) is 0 Å². The predicted molar refractivity (Wildman–Crippen MR) is 120 cm³/mol. The minimum Gasteiger partial charge on any atom is -0.323 e. The zero-order valence-corrected chi connectivity index (χ0v) is 17.9. The average molecular weight is 434 g/mol. The summed E-state index contributed by atoms with van der Waals surface area (Å²) in [4.78, 5) is 16.5. The summed E-state index contributed by atoms with van der Waals surface area (Å²) in [5, 5.41) is 11.9. The number of amides is 1. The fourth-order valence-corrected chi connectivity index (χ4v) is 3.87. The van der Waals surface area contributed by atoms with Crippen LogP contribution in [0.4, 0.5) is 10.1 Å². The first-order valence-electron chi connectivity index (χ1n) is 9.63. The van der Waals surface area contributed by atoms with Crippen molar-refractivity contribution in [3.8, 4) is 17.1 Å². The molecule has 0 fully saturated rings. The third kappa shape index (κ3) is 4.64. The van der Waals surface area contributed by atoms with Crippen LogP contribution in [0.5, 0.6) is 0 Å². The lowest BCUT2D eigenvalue weighted by atomic mass is 10.2. The Bertz CT molecular complexity index is 1230. The van der Waals surface area contributed by atoms with Gasteiger partial charge in [-0.25, -0.2) is 4.39 Å². The Morgan fingerprint density at radius 3 is 2.58 bits per heavy atom. The Morgan fingerprint density at radius 2 is 1.84 bits per heavy atom. The molecule has 8 heteroatoms. The fraction of sp³-hybridized carbons (Fsp3) is 0.130. The molecule has 2 aromatic heterocycles. The molecule has 6 nitrogen and oxygen atoms in total. The van der Waals surface area contributed by atoms with Gasteiger partial charge in [0.05, 0.1) is 17.1 Å². The van der Waals surface area contributed by atoms with Gasteiger partial charge in [0.1, 0.15) is 5.82 Å². The van der Waals surface area contributed by atoms with Gasteiger partial charge < -0.3 is 5.32 Å². The van der Waals surface area contributed by atoms with Gasteiger partial charge in [-0.3, -0.25) is 14.3 Å². The number of aromatic nitrogens is 4. The molecule has 1 amide bonds. The number of hydrogen-bond acceptors (Lipinski definition) is 5. The maximum atomic E-state index is 14.0. The van der Waals surface area contributed by atoms with E-state index in [1.165, 1.54) is 17.8 Å². The van der Waals surface area contributed by atoms with Gasteiger partial charge >= 0.3 is 0 Å². The van der Waals surface area contributed by atoms with Gasteiger partial charge in [-0.05, 0) is 55.3 Å². The lowest BCUT2D eigenvalue weighted by molar-refractivity contribution is -0.113. The number of hydrogen-bond donors (Lipinski definition) is 1. The number of para-hydroxylation sites is 1. The second kappa shape index (κ2) is 9.09. The maximum Gasteiger partial charge on any atom is 0.234 e. The van der Waals surface area contributed by atoms with Crippen molar-refractivity contribution in [3.63, 3.8) is 0 Å². The molecule has 1 N–H and O–H groups in total. The molecule has 0 spiro atoms. The Hall–Kier alpha value is -3.52. The number of halogens is 1. The Labute approximate surface area is 183 Å². The van der Waals surface area contributed by atoms with Crippen LogP contribution < -0.4 is 5.32 Å². The highest BCUT2D eigenvalue weighted by molar-refractivity contribution is 7.99. The number of benzene rings is 2. The second-order valence-electron chi connectivity index (χ2n) is 6.98. The fourth-order valence-electron chi connectivity index (χ4n) is 3.12. The van der Waals surface area contributed by atoms with Crippen LogP contribution in [-0.4, -0.2) is 31.4 Å². The van der Waals surface area contributed by atoms with Crippen molar-refractivity contribution in [1.29, 1.82) is 0 Å². The SMILES string of the molecule is Cc1ccc(NC(=O)CSc2nnc(-c3ccncc3)n2-c2ccccc2C)c(F)c1. The lowest BCUT2D eigenvalue weighted by Gasteiger charge is -2.13. The molecule has 156 valence electrons. The molecule has 31 heavy (non-hydrogen) atoms. The van der Waals surface area contributed by atoms with Crippen molar-refractivity contribution >= 4 is 23.4 Å². The molecular weight excluding hydrogens is 413 g/mol. The number of anilines is 1. The van der Waals surface area contributed by atoms with Crippen molar-refractivity contribution in [1.82, 2.24) is 19.7 Å². The summed E-state index contributed by atoms with van der Waals surface area (Å²) >= 11 is 1.24. The third-order valence-electron chi connectivity index (χ3n) is 4.66. The smallest absolute Gasteiger partial charge is 0.234 e. The summed E-state index contributed by atoms with van der Waals surface area (Å²) in [5.74, 6) is -0.0589. The number of thioether (sulfide) groups is 1. The molecule has 2 heterocycles. The van der Waals surface area contributed by atoms with Crippen molar-refractivity contribution in [2.75, 3.05) is 11.1 Å². The number of nitrogens with zero attached hydrogens (tertiary/aromatic N) is 4. The van der Waals surface area contributed by atoms with Crippen LogP contribution in [0.3, 0.4) is 0 Å². The Morgan fingerprint density at radius 1 is 1.06 bits per heavy atom. The van der Waals surface area contributed by atoms with E-state index in [0.29, 0.717) is 11.0 Å². The predicted octanol–water partition coefficient (Wildman–Crippen LogP) is 4.82. The van der Waals surface area contributed by atoms with Gasteiger partial charge in [-0.2, -0.15) is 0 Å². The topological polar surface area (TPSA) is 72.7 Å². The van der Waals surface area contributed by atoms with Crippen LogP contribution in [-0.2, 0) is 4.79 Å². The van der Waals surface area contributed by atoms with E-state index in [-0.39, 0.29) is 17.3 Å². The molecule has 4 rings (SSSR count). The quantitative estimate of drug-likeness (QED) is 0.442. The molecule has 4 aromatic rings. The molecule has 0 saturated carbocycles. The van der Waals surface area contributed by atoms with Gasteiger partial charge in [-0.15, -0.1) is 10.2 Å². The molecule has 0 bridgehead atoms. The van der Waals surface area contributed by atoms with Crippen LogP contribution in [0, 0.1) is 19.7 Å². The summed E-state index contributed by atoms with van der Waals surface area (Å²) in [6, 6.07) is 16.3. The molecule has 0 radical (unpaired) electrons. The minimum atomic E-state index is -0.457.